The molecule has 3 heteroatoms. The second-order valence-electron chi connectivity index (χ2n) is 8.05. The lowest BCUT2D eigenvalue weighted by molar-refractivity contribution is -0.225. The molecule has 130 valence electrons. The normalized spacial score (nSPS) is 19.8. The van der Waals surface area contributed by atoms with Crippen molar-refractivity contribution in [1.29, 1.82) is 0 Å². The molecule has 1 atom stereocenters. The summed E-state index contributed by atoms with van der Waals surface area (Å²) in [4.78, 5) is 0. The fourth-order valence-electron chi connectivity index (χ4n) is 3.29. The van der Waals surface area contributed by atoms with Gasteiger partial charge in [-0.15, -0.1) is 0 Å². The van der Waals surface area contributed by atoms with Gasteiger partial charge in [0.15, 0.2) is 6.29 Å². The number of benzene rings is 2. The standard InChI is InChI=1S/C21H28O3/c1-14(2)11-19(22)17-9-10-18(16-8-6-5-7-15(16)17)20-23-12-21(3,4)13-24-20/h5-10,14,19-20,22H,11-13H2,1-4H3. The molecule has 0 amide bonds. The molecule has 1 aliphatic rings. The molecule has 1 unspecified atom stereocenters. The zero-order chi connectivity index (χ0) is 17.3. The lowest BCUT2D eigenvalue weighted by Gasteiger charge is -2.35. The average molecular weight is 328 g/mol. The van der Waals surface area contributed by atoms with Gasteiger partial charge in [-0.1, -0.05) is 64.1 Å². The second kappa shape index (κ2) is 6.83. The molecule has 1 N–H and O–H groups in total. The Balaban J connectivity index is 1.97. The fourth-order valence-corrected chi connectivity index (χ4v) is 3.29. The van der Waals surface area contributed by atoms with Crippen molar-refractivity contribution >= 4 is 10.8 Å². The van der Waals surface area contributed by atoms with E-state index in [0.29, 0.717) is 19.1 Å². The number of rotatable bonds is 4. The van der Waals surface area contributed by atoms with Crippen LogP contribution in [0.2, 0.25) is 0 Å². The predicted molar refractivity (Wildman–Crippen MR) is 96.8 cm³/mol. The van der Waals surface area contributed by atoms with Crippen molar-refractivity contribution < 1.29 is 14.6 Å². The Hall–Kier alpha value is -1.42. The molecule has 0 bridgehead atoms. The Morgan fingerprint density at radius 1 is 1.04 bits per heavy atom. The molecule has 0 aromatic heterocycles. The summed E-state index contributed by atoms with van der Waals surface area (Å²) in [5, 5.41) is 12.8. The third-order valence-corrected chi connectivity index (χ3v) is 4.55. The highest BCUT2D eigenvalue weighted by Gasteiger charge is 2.30. The van der Waals surface area contributed by atoms with Gasteiger partial charge in [-0.05, 0) is 28.7 Å². The Morgan fingerprint density at radius 2 is 1.67 bits per heavy atom. The van der Waals surface area contributed by atoms with Crippen LogP contribution in [0.15, 0.2) is 36.4 Å². The van der Waals surface area contributed by atoms with Crippen molar-refractivity contribution in [3.8, 4) is 0 Å². The smallest absolute Gasteiger partial charge is 0.184 e. The largest absolute Gasteiger partial charge is 0.388 e. The minimum Gasteiger partial charge on any atom is -0.388 e. The van der Waals surface area contributed by atoms with Crippen LogP contribution < -0.4 is 0 Å². The van der Waals surface area contributed by atoms with Crippen molar-refractivity contribution in [2.75, 3.05) is 13.2 Å². The number of hydrogen-bond acceptors (Lipinski definition) is 3. The third kappa shape index (κ3) is 3.64. The van der Waals surface area contributed by atoms with Crippen LogP contribution in [0, 0.1) is 11.3 Å². The summed E-state index contributed by atoms with van der Waals surface area (Å²) in [6.45, 7) is 9.92. The summed E-state index contributed by atoms with van der Waals surface area (Å²) in [5.41, 5.74) is 2.08. The average Bonchev–Trinajstić information content (AvgIpc) is 2.53. The molecule has 24 heavy (non-hydrogen) atoms. The number of aliphatic hydroxyl groups excluding tert-OH is 1. The van der Waals surface area contributed by atoms with Gasteiger partial charge in [-0.25, -0.2) is 0 Å². The number of ether oxygens (including phenoxy) is 2. The molecule has 1 aliphatic heterocycles. The van der Waals surface area contributed by atoms with Crippen molar-refractivity contribution in [1.82, 2.24) is 0 Å². The van der Waals surface area contributed by atoms with E-state index in [1.807, 2.05) is 24.3 Å². The van der Waals surface area contributed by atoms with Crippen LogP contribution in [0.4, 0.5) is 0 Å². The van der Waals surface area contributed by atoms with Gasteiger partial charge in [0.05, 0.1) is 19.3 Å². The quantitative estimate of drug-likeness (QED) is 0.859. The second-order valence-corrected chi connectivity index (χ2v) is 8.05. The molecule has 3 nitrogen and oxygen atoms in total. The molecular formula is C21H28O3. The molecule has 1 fully saturated rings. The van der Waals surface area contributed by atoms with Crippen LogP contribution in [0.5, 0.6) is 0 Å². The van der Waals surface area contributed by atoms with Gasteiger partial charge in [0, 0.05) is 11.0 Å². The maximum absolute atomic E-state index is 10.6. The third-order valence-electron chi connectivity index (χ3n) is 4.55. The molecule has 2 aromatic rings. The van der Waals surface area contributed by atoms with Gasteiger partial charge >= 0.3 is 0 Å². The maximum atomic E-state index is 10.6. The first-order chi connectivity index (χ1) is 11.4. The SMILES string of the molecule is CC(C)CC(O)c1ccc(C2OCC(C)(C)CO2)c2ccccc12. The van der Waals surface area contributed by atoms with Crippen LogP contribution in [-0.4, -0.2) is 18.3 Å². The van der Waals surface area contributed by atoms with E-state index >= 15 is 0 Å². The molecule has 2 aromatic carbocycles. The number of fused-ring (bicyclic) bond motifs is 1. The molecule has 0 spiro atoms. The first kappa shape index (κ1) is 17.4. The van der Waals surface area contributed by atoms with Crippen LogP contribution in [0.1, 0.15) is 57.6 Å². The maximum Gasteiger partial charge on any atom is 0.184 e. The summed E-state index contributed by atoms with van der Waals surface area (Å²) >= 11 is 0. The summed E-state index contributed by atoms with van der Waals surface area (Å²) in [6, 6.07) is 12.3. The fraction of sp³-hybridized carbons (Fsp3) is 0.524. The molecule has 3 rings (SSSR count). The van der Waals surface area contributed by atoms with Crippen LogP contribution >= 0.6 is 0 Å². The van der Waals surface area contributed by atoms with Gasteiger partial charge in [0.1, 0.15) is 0 Å². The Labute approximate surface area is 144 Å². The van der Waals surface area contributed by atoms with Gasteiger partial charge in [-0.3, -0.25) is 0 Å². The van der Waals surface area contributed by atoms with Crippen molar-refractivity contribution in [3.05, 3.63) is 47.5 Å². The molecule has 1 saturated heterocycles. The van der Waals surface area contributed by atoms with Gasteiger partial charge in [0.2, 0.25) is 0 Å². The molecule has 0 saturated carbocycles. The summed E-state index contributed by atoms with van der Waals surface area (Å²) in [7, 11) is 0. The van der Waals surface area contributed by atoms with Crippen LogP contribution in [0.3, 0.4) is 0 Å². The van der Waals surface area contributed by atoms with E-state index in [9.17, 15) is 5.11 Å². The molecule has 0 radical (unpaired) electrons. The van der Waals surface area contributed by atoms with Crippen LogP contribution in [-0.2, 0) is 9.47 Å². The Bertz CT molecular complexity index is 695. The Kier molecular flexibility index (Phi) is 4.95. The molecular weight excluding hydrogens is 300 g/mol. The number of aliphatic hydroxyl groups is 1. The minimum absolute atomic E-state index is 0.0553. The summed E-state index contributed by atoms with van der Waals surface area (Å²) in [6.07, 6.45) is -0.0242. The highest BCUT2D eigenvalue weighted by Crippen LogP contribution is 2.37. The zero-order valence-electron chi connectivity index (χ0n) is 15.1. The van der Waals surface area contributed by atoms with Gasteiger partial charge in [0.25, 0.3) is 0 Å². The lowest BCUT2D eigenvalue weighted by Crippen LogP contribution is -2.33. The van der Waals surface area contributed by atoms with E-state index < -0.39 is 6.10 Å². The van der Waals surface area contributed by atoms with E-state index in [1.54, 1.807) is 0 Å². The summed E-state index contributed by atoms with van der Waals surface area (Å²) < 4.78 is 11.9. The number of hydrogen-bond donors (Lipinski definition) is 1. The topological polar surface area (TPSA) is 38.7 Å². The molecule has 0 aliphatic carbocycles. The predicted octanol–water partition coefficient (Wildman–Crippen LogP) is 4.99. The van der Waals surface area contributed by atoms with E-state index in [2.05, 4.69) is 39.8 Å². The Morgan fingerprint density at radius 3 is 2.29 bits per heavy atom. The zero-order valence-corrected chi connectivity index (χ0v) is 15.1. The van der Waals surface area contributed by atoms with Crippen molar-refractivity contribution in [3.63, 3.8) is 0 Å². The van der Waals surface area contributed by atoms with Crippen molar-refractivity contribution in [2.24, 2.45) is 11.3 Å². The van der Waals surface area contributed by atoms with E-state index in [0.717, 1.165) is 28.3 Å². The molecule has 1 heterocycles. The van der Waals surface area contributed by atoms with Crippen LogP contribution in [0.25, 0.3) is 10.8 Å². The van der Waals surface area contributed by atoms with Crippen molar-refractivity contribution in [2.45, 2.75) is 46.5 Å². The highest BCUT2D eigenvalue weighted by molar-refractivity contribution is 5.89. The van der Waals surface area contributed by atoms with Gasteiger partial charge in [-0.2, -0.15) is 0 Å². The monoisotopic (exact) mass is 328 g/mol. The summed E-state index contributed by atoms with van der Waals surface area (Å²) in [5.74, 6) is 0.450. The van der Waals surface area contributed by atoms with E-state index in [1.165, 1.54) is 0 Å². The van der Waals surface area contributed by atoms with E-state index in [-0.39, 0.29) is 11.7 Å². The lowest BCUT2D eigenvalue weighted by atomic mass is 9.91. The first-order valence-electron chi connectivity index (χ1n) is 8.80. The highest BCUT2D eigenvalue weighted by atomic mass is 16.7. The van der Waals surface area contributed by atoms with E-state index in [4.69, 9.17) is 9.47 Å². The first-order valence-corrected chi connectivity index (χ1v) is 8.80. The minimum atomic E-state index is -0.448. The van der Waals surface area contributed by atoms with Gasteiger partial charge < -0.3 is 14.6 Å².